The van der Waals surface area contributed by atoms with Crippen molar-refractivity contribution in [3.63, 3.8) is 0 Å². The summed E-state index contributed by atoms with van der Waals surface area (Å²) in [5, 5.41) is 0.490. The second-order valence-electron chi connectivity index (χ2n) is 5.91. The van der Waals surface area contributed by atoms with Crippen LogP contribution < -0.4 is 4.74 Å². The molecule has 132 valence electrons. The Kier molecular flexibility index (Phi) is 5.28. The van der Waals surface area contributed by atoms with E-state index in [1.54, 1.807) is 34.2 Å². The van der Waals surface area contributed by atoms with Crippen LogP contribution >= 0.6 is 11.6 Å². The maximum Gasteiger partial charge on any atom is 0.257 e. The SMILES string of the molecule is COc1ccc(Cl)cc1C(=O)N1CCN(C(=O)Cc2cc[nH]c2)CC1. The van der Waals surface area contributed by atoms with Gasteiger partial charge in [-0.1, -0.05) is 11.6 Å². The maximum atomic E-state index is 12.7. The Balaban J connectivity index is 1.61. The molecule has 2 heterocycles. The molecular formula is C18H20ClN3O3. The van der Waals surface area contributed by atoms with Gasteiger partial charge in [-0.05, 0) is 29.8 Å². The van der Waals surface area contributed by atoms with Crippen molar-refractivity contribution in [2.24, 2.45) is 0 Å². The third kappa shape index (κ3) is 3.96. The molecule has 1 aromatic heterocycles. The maximum absolute atomic E-state index is 12.7. The molecule has 1 aliphatic heterocycles. The number of nitrogens with one attached hydrogen (secondary N) is 1. The van der Waals surface area contributed by atoms with Gasteiger partial charge < -0.3 is 19.5 Å². The van der Waals surface area contributed by atoms with Gasteiger partial charge in [0.1, 0.15) is 5.75 Å². The number of carbonyl (C=O) groups excluding carboxylic acids is 2. The van der Waals surface area contributed by atoms with Gasteiger partial charge in [-0.3, -0.25) is 9.59 Å². The number of methoxy groups -OCH3 is 1. The van der Waals surface area contributed by atoms with Crippen LogP contribution in [0.15, 0.2) is 36.7 Å². The molecule has 25 heavy (non-hydrogen) atoms. The molecule has 2 aromatic rings. The number of hydrogen-bond donors (Lipinski definition) is 1. The molecule has 1 aliphatic rings. The van der Waals surface area contributed by atoms with Gasteiger partial charge in [-0.15, -0.1) is 0 Å². The quantitative estimate of drug-likeness (QED) is 0.908. The Labute approximate surface area is 151 Å². The smallest absolute Gasteiger partial charge is 0.257 e. The number of amides is 2. The third-order valence-corrected chi connectivity index (χ3v) is 4.56. The summed E-state index contributed by atoms with van der Waals surface area (Å²) in [4.78, 5) is 31.5. The Hall–Kier alpha value is -2.47. The molecule has 1 aromatic carbocycles. The minimum atomic E-state index is -0.128. The van der Waals surface area contributed by atoms with Gasteiger partial charge in [0.25, 0.3) is 5.91 Å². The van der Waals surface area contributed by atoms with Gasteiger partial charge in [-0.2, -0.15) is 0 Å². The van der Waals surface area contributed by atoms with E-state index < -0.39 is 0 Å². The van der Waals surface area contributed by atoms with E-state index in [4.69, 9.17) is 16.3 Å². The molecule has 0 atom stereocenters. The summed E-state index contributed by atoms with van der Waals surface area (Å²) in [5.74, 6) is 0.449. The molecule has 0 radical (unpaired) electrons. The number of piperazine rings is 1. The van der Waals surface area contributed by atoms with E-state index in [0.29, 0.717) is 48.9 Å². The van der Waals surface area contributed by atoms with Crippen LogP contribution in [0.1, 0.15) is 15.9 Å². The fourth-order valence-corrected chi connectivity index (χ4v) is 3.10. The summed E-state index contributed by atoms with van der Waals surface area (Å²) >= 11 is 6.01. The van der Waals surface area contributed by atoms with E-state index in [2.05, 4.69) is 4.98 Å². The second-order valence-corrected chi connectivity index (χ2v) is 6.35. The van der Waals surface area contributed by atoms with Gasteiger partial charge in [0.15, 0.2) is 0 Å². The van der Waals surface area contributed by atoms with Crippen LogP contribution in [-0.2, 0) is 11.2 Å². The summed E-state index contributed by atoms with van der Waals surface area (Å²) in [6, 6.07) is 6.89. The molecule has 1 saturated heterocycles. The van der Waals surface area contributed by atoms with E-state index in [0.717, 1.165) is 5.56 Å². The van der Waals surface area contributed by atoms with Gasteiger partial charge in [0.2, 0.25) is 5.91 Å². The molecule has 1 N–H and O–H groups in total. The average Bonchev–Trinajstić information content (AvgIpc) is 3.14. The topological polar surface area (TPSA) is 65.6 Å². The number of rotatable bonds is 4. The monoisotopic (exact) mass is 361 g/mol. The van der Waals surface area contributed by atoms with Crippen LogP contribution in [-0.4, -0.2) is 59.9 Å². The van der Waals surface area contributed by atoms with Crippen molar-refractivity contribution in [3.8, 4) is 5.75 Å². The van der Waals surface area contributed by atoms with Crippen LogP contribution in [0.2, 0.25) is 5.02 Å². The minimum absolute atomic E-state index is 0.0760. The molecule has 0 spiro atoms. The van der Waals surface area contributed by atoms with Gasteiger partial charge in [0.05, 0.1) is 19.1 Å². The Morgan fingerprint density at radius 1 is 1.16 bits per heavy atom. The van der Waals surface area contributed by atoms with Crippen molar-refractivity contribution in [3.05, 3.63) is 52.8 Å². The van der Waals surface area contributed by atoms with Crippen molar-refractivity contribution in [1.29, 1.82) is 0 Å². The highest BCUT2D eigenvalue weighted by Crippen LogP contribution is 2.24. The zero-order chi connectivity index (χ0) is 17.8. The number of benzene rings is 1. The highest BCUT2D eigenvalue weighted by atomic mass is 35.5. The molecule has 0 saturated carbocycles. The van der Waals surface area contributed by atoms with Gasteiger partial charge in [0, 0.05) is 43.6 Å². The molecular weight excluding hydrogens is 342 g/mol. The summed E-state index contributed by atoms with van der Waals surface area (Å²) in [7, 11) is 1.53. The third-order valence-electron chi connectivity index (χ3n) is 4.33. The highest BCUT2D eigenvalue weighted by molar-refractivity contribution is 6.31. The van der Waals surface area contributed by atoms with Crippen molar-refractivity contribution in [2.45, 2.75) is 6.42 Å². The van der Waals surface area contributed by atoms with E-state index in [9.17, 15) is 9.59 Å². The average molecular weight is 362 g/mol. The molecule has 0 bridgehead atoms. The van der Waals surface area contributed by atoms with Crippen molar-refractivity contribution < 1.29 is 14.3 Å². The predicted molar refractivity (Wildman–Crippen MR) is 95.0 cm³/mol. The first-order valence-electron chi connectivity index (χ1n) is 8.10. The molecule has 7 heteroatoms. The summed E-state index contributed by atoms with van der Waals surface area (Å²) in [6.45, 7) is 2.04. The standard InChI is InChI=1S/C18H20ClN3O3/c1-25-16-3-2-14(19)11-15(16)18(24)22-8-6-21(7-9-22)17(23)10-13-4-5-20-12-13/h2-5,11-12,20H,6-10H2,1H3. The van der Waals surface area contributed by atoms with Crippen LogP contribution in [0.25, 0.3) is 0 Å². The van der Waals surface area contributed by atoms with E-state index in [1.807, 2.05) is 12.3 Å². The molecule has 0 unspecified atom stereocenters. The lowest BCUT2D eigenvalue weighted by atomic mass is 10.1. The van der Waals surface area contributed by atoms with Crippen LogP contribution in [0, 0.1) is 0 Å². The Bertz CT molecular complexity index is 753. The van der Waals surface area contributed by atoms with Crippen LogP contribution in [0.4, 0.5) is 0 Å². The lowest BCUT2D eigenvalue weighted by Crippen LogP contribution is -2.51. The normalized spacial score (nSPS) is 14.5. The Morgan fingerprint density at radius 3 is 2.52 bits per heavy atom. The summed E-state index contributed by atoms with van der Waals surface area (Å²) in [6.07, 6.45) is 4.00. The van der Waals surface area contributed by atoms with Crippen LogP contribution in [0.5, 0.6) is 5.75 Å². The molecule has 1 fully saturated rings. The summed E-state index contributed by atoms with van der Waals surface area (Å²) < 4.78 is 5.26. The zero-order valence-corrected chi connectivity index (χ0v) is 14.8. The van der Waals surface area contributed by atoms with Gasteiger partial charge >= 0.3 is 0 Å². The zero-order valence-electron chi connectivity index (χ0n) is 14.0. The van der Waals surface area contributed by atoms with Crippen LogP contribution in [0.3, 0.4) is 0 Å². The molecule has 0 aliphatic carbocycles. The largest absolute Gasteiger partial charge is 0.496 e. The lowest BCUT2D eigenvalue weighted by molar-refractivity contribution is -0.131. The predicted octanol–water partition coefficient (Wildman–Crippen LogP) is 2.20. The first-order valence-corrected chi connectivity index (χ1v) is 8.48. The highest BCUT2D eigenvalue weighted by Gasteiger charge is 2.26. The number of nitrogens with zero attached hydrogens (tertiary/aromatic N) is 2. The first-order chi connectivity index (χ1) is 12.1. The first kappa shape index (κ1) is 17.4. The minimum Gasteiger partial charge on any atom is -0.496 e. The number of aromatic nitrogens is 1. The molecule has 2 amide bonds. The number of halogens is 1. The van der Waals surface area contributed by atoms with E-state index in [1.165, 1.54) is 7.11 Å². The van der Waals surface area contributed by atoms with Crippen molar-refractivity contribution >= 4 is 23.4 Å². The number of H-pyrrole nitrogens is 1. The van der Waals surface area contributed by atoms with E-state index >= 15 is 0 Å². The lowest BCUT2D eigenvalue weighted by Gasteiger charge is -2.35. The molecule has 6 nitrogen and oxygen atoms in total. The van der Waals surface area contributed by atoms with Crippen molar-refractivity contribution in [1.82, 2.24) is 14.8 Å². The summed E-state index contributed by atoms with van der Waals surface area (Å²) in [5.41, 5.74) is 1.41. The number of hydrogen-bond acceptors (Lipinski definition) is 3. The Morgan fingerprint density at radius 2 is 1.88 bits per heavy atom. The number of ether oxygens (including phenoxy) is 1. The second kappa shape index (κ2) is 7.61. The molecule has 3 rings (SSSR count). The number of carbonyl (C=O) groups is 2. The fourth-order valence-electron chi connectivity index (χ4n) is 2.93. The number of aromatic amines is 1. The van der Waals surface area contributed by atoms with E-state index in [-0.39, 0.29) is 11.8 Å². The van der Waals surface area contributed by atoms with Crippen molar-refractivity contribution in [2.75, 3.05) is 33.3 Å². The van der Waals surface area contributed by atoms with Gasteiger partial charge in [-0.25, -0.2) is 0 Å². The fraction of sp³-hybridized carbons (Fsp3) is 0.333.